The Morgan fingerprint density at radius 1 is 1.27 bits per heavy atom. The summed E-state index contributed by atoms with van der Waals surface area (Å²) in [6, 6.07) is 0. The maximum absolute atomic E-state index is 9.73. The molecule has 0 bridgehead atoms. The van der Waals surface area contributed by atoms with E-state index in [-0.39, 0.29) is 6.10 Å². The second-order valence-electron chi connectivity index (χ2n) is 5.11. The second-order valence-corrected chi connectivity index (χ2v) is 5.11. The molecule has 0 aromatic carbocycles. The second kappa shape index (κ2) is 6.49. The molecule has 90 valence electrons. The lowest BCUT2D eigenvalue weighted by molar-refractivity contribution is 0.0726. The van der Waals surface area contributed by atoms with E-state index in [0.29, 0.717) is 5.92 Å². The van der Waals surface area contributed by atoms with Crippen molar-refractivity contribution in [2.45, 2.75) is 52.6 Å². The molecule has 0 aromatic heterocycles. The molecule has 2 nitrogen and oxygen atoms in total. The molecular weight excluding hydrogens is 186 g/mol. The first-order valence-corrected chi connectivity index (χ1v) is 6.57. The maximum Gasteiger partial charge on any atom is 0.0575 e. The van der Waals surface area contributed by atoms with Crippen LogP contribution in [0.5, 0.6) is 0 Å². The third kappa shape index (κ3) is 4.12. The number of aliphatic hydroxyl groups is 1. The largest absolute Gasteiger partial charge is 0.393 e. The van der Waals surface area contributed by atoms with Crippen LogP contribution in [0.15, 0.2) is 0 Å². The Hall–Kier alpha value is -0.0800. The van der Waals surface area contributed by atoms with Crippen LogP contribution in [0.25, 0.3) is 0 Å². The monoisotopic (exact) mass is 213 g/mol. The maximum atomic E-state index is 9.73. The van der Waals surface area contributed by atoms with Crippen molar-refractivity contribution in [3.63, 3.8) is 0 Å². The van der Waals surface area contributed by atoms with E-state index in [1.807, 2.05) is 0 Å². The lowest BCUT2D eigenvalue weighted by atomic mass is 9.93. The Morgan fingerprint density at radius 3 is 2.33 bits per heavy atom. The van der Waals surface area contributed by atoms with Crippen molar-refractivity contribution in [1.29, 1.82) is 0 Å². The molecule has 1 rings (SSSR count). The molecule has 0 spiro atoms. The minimum atomic E-state index is -0.117. The summed E-state index contributed by atoms with van der Waals surface area (Å²) in [4.78, 5) is 2.52. The Balaban J connectivity index is 2.23. The fraction of sp³-hybridized carbons (Fsp3) is 1.00. The number of aliphatic hydroxyl groups excluding tert-OH is 1. The van der Waals surface area contributed by atoms with Crippen molar-refractivity contribution in [1.82, 2.24) is 4.90 Å². The summed E-state index contributed by atoms with van der Waals surface area (Å²) in [5.41, 5.74) is 0. The van der Waals surface area contributed by atoms with Crippen LogP contribution in [0, 0.1) is 11.8 Å². The van der Waals surface area contributed by atoms with E-state index in [9.17, 15) is 5.11 Å². The zero-order chi connectivity index (χ0) is 11.3. The predicted octanol–water partition coefficient (Wildman–Crippen LogP) is 2.52. The van der Waals surface area contributed by atoms with Gasteiger partial charge in [0.05, 0.1) is 6.10 Å². The molecule has 1 fully saturated rings. The van der Waals surface area contributed by atoms with Gasteiger partial charge >= 0.3 is 0 Å². The molecule has 1 heterocycles. The van der Waals surface area contributed by atoms with E-state index in [1.54, 1.807) is 0 Å². The van der Waals surface area contributed by atoms with Crippen molar-refractivity contribution >= 4 is 0 Å². The standard InChI is InChI=1S/C13H27NO/c1-4-12-6-8-14(9-7-12)10-11(3)13(15)5-2/h11-13,15H,4-10H2,1-3H3. The van der Waals surface area contributed by atoms with E-state index in [4.69, 9.17) is 0 Å². The first-order valence-electron chi connectivity index (χ1n) is 6.57. The third-order valence-electron chi connectivity index (χ3n) is 3.91. The molecule has 2 atom stereocenters. The van der Waals surface area contributed by atoms with Gasteiger partial charge in [-0.3, -0.25) is 0 Å². The van der Waals surface area contributed by atoms with Crippen molar-refractivity contribution in [2.75, 3.05) is 19.6 Å². The lowest BCUT2D eigenvalue weighted by Crippen LogP contribution is -2.39. The fourth-order valence-corrected chi connectivity index (χ4v) is 2.51. The molecule has 15 heavy (non-hydrogen) atoms. The minimum absolute atomic E-state index is 0.117. The number of hydrogen-bond donors (Lipinski definition) is 1. The van der Waals surface area contributed by atoms with Crippen LogP contribution >= 0.6 is 0 Å². The van der Waals surface area contributed by atoms with E-state index >= 15 is 0 Å². The van der Waals surface area contributed by atoms with Gasteiger partial charge in [-0.15, -0.1) is 0 Å². The van der Waals surface area contributed by atoms with Gasteiger partial charge in [-0.05, 0) is 44.2 Å². The molecule has 1 saturated heterocycles. The predicted molar refractivity (Wildman–Crippen MR) is 64.9 cm³/mol. The topological polar surface area (TPSA) is 23.5 Å². The van der Waals surface area contributed by atoms with Gasteiger partial charge in [0.2, 0.25) is 0 Å². The van der Waals surface area contributed by atoms with Crippen LogP contribution in [-0.4, -0.2) is 35.7 Å². The highest BCUT2D eigenvalue weighted by Crippen LogP contribution is 2.21. The molecule has 1 N–H and O–H groups in total. The van der Waals surface area contributed by atoms with Crippen LogP contribution in [0.1, 0.15) is 46.5 Å². The molecule has 0 radical (unpaired) electrons. The van der Waals surface area contributed by atoms with Gasteiger partial charge in [0.1, 0.15) is 0 Å². The fourth-order valence-electron chi connectivity index (χ4n) is 2.51. The minimum Gasteiger partial charge on any atom is -0.393 e. The smallest absolute Gasteiger partial charge is 0.0575 e. The van der Waals surface area contributed by atoms with Gasteiger partial charge in [-0.25, -0.2) is 0 Å². The number of likely N-dealkylation sites (tertiary alicyclic amines) is 1. The zero-order valence-corrected chi connectivity index (χ0v) is 10.6. The Morgan fingerprint density at radius 2 is 1.87 bits per heavy atom. The molecule has 0 aliphatic carbocycles. The molecule has 0 saturated carbocycles. The quantitative estimate of drug-likeness (QED) is 0.758. The van der Waals surface area contributed by atoms with E-state index in [0.717, 1.165) is 18.9 Å². The Labute approximate surface area is 94.7 Å². The zero-order valence-electron chi connectivity index (χ0n) is 10.6. The SMILES string of the molecule is CCC1CCN(CC(C)C(O)CC)CC1. The highest BCUT2D eigenvalue weighted by atomic mass is 16.3. The first kappa shape index (κ1) is 13.0. The van der Waals surface area contributed by atoms with Crippen molar-refractivity contribution in [2.24, 2.45) is 11.8 Å². The van der Waals surface area contributed by atoms with E-state index < -0.39 is 0 Å². The van der Waals surface area contributed by atoms with Gasteiger partial charge in [0.15, 0.2) is 0 Å². The average molecular weight is 213 g/mol. The summed E-state index contributed by atoms with van der Waals surface area (Å²) >= 11 is 0. The highest BCUT2D eigenvalue weighted by molar-refractivity contribution is 4.74. The number of rotatable bonds is 5. The molecule has 1 aliphatic rings. The van der Waals surface area contributed by atoms with Gasteiger partial charge in [-0.1, -0.05) is 27.2 Å². The molecule has 2 unspecified atom stereocenters. The number of piperidine rings is 1. The average Bonchev–Trinajstić information content (AvgIpc) is 2.29. The van der Waals surface area contributed by atoms with Crippen molar-refractivity contribution in [3.8, 4) is 0 Å². The van der Waals surface area contributed by atoms with Crippen LogP contribution < -0.4 is 0 Å². The third-order valence-corrected chi connectivity index (χ3v) is 3.91. The molecule has 1 aliphatic heterocycles. The first-order chi connectivity index (χ1) is 7.17. The van der Waals surface area contributed by atoms with Gasteiger partial charge in [0.25, 0.3) is 0 Å². The summed E-state index contributed by atoms with van der Waals surface area (Å²) in [6.07, 6.45) is 4.80. The lowest BCUT2D eigenvalue weighted by Gasteiger charge is -2.34. The van der Waals surface area contributed by atoms with Crippen molar-refractivity contribution < 1.29 is 5.11 Å². The molecule has 0 amide bonds. The normalized spacial score (nSPS) is 24.0. The van der Waals surface area contributed by atoms with Gasteiger partial charge in [-0.2, -0.15) is 0 Å². The van der Waals surface area contributed by atoms with Crippen LogP contribution in [0.4, 0.5) is 0 Å². The van der Waals surface area contributed by atoms with E-state index in [2.05, 4.69) is 25.7 Å². The van der Waals surface area contributed by atoms with Crippen LogP contribution in [0.3, 0.4) is 0 Å². The Kier molecular flexibility index (Phi) is 5.62. The summed E-state index contributed by atoms with van der Waals surface area (Å²) in [6.45, 7) is 10.1. The van der Waals surface area contributed by atoms with Crippen molar-refractivity contribution in [3.05, 3.63) is 0 Å². The van der Waals surface area contributed by atoms with Crippen LogP contribution in [-0.2, 0) is 0 Å². The molecule has 0 aromatic rings. The summed E-state index contributed by atoms with van der Waals surface area (Å²) in [7, 11) is 0. The van der Waals surface area contributed by atoms with E-state index in [1.165, 1.54) is 32.4 Å². The van der Waals surface area contributed by atoms with Gasteiger partial charge in [0, 0.05) is 6.54 Å². The Bertz CT molecular complexity index is 164. The molecular formula is C13H27NO. The number of hydrogen-bond acceptors (Lipinski definition) is 2. The molecule has 2 heteroatoms. The highest BCUT2D eigenvalue weighted by Gasteiger charge is 2.21. The summed E-state index contributed by atoms with van der Waals surface area (Å²) in [5.74, 6) is 1.38. The number of nitrogens with zero attached hydrogens (tertiary/aromatic N) is 1. The van der Waals surface area contributed by atoms with Crippen LogP contribution in [0.2, 0.25) is 0 Å². The van der Waals surface area contributed by atoms with Gasteiger partial charge < -0.3 is 10.0 Å². The summed E-state index contributed by atoms with van der Waals surface area (Å²) in [5, 5.41) is 9.73. The summed E-state index contributed by atoms with van der Waals surface area (Å²) < 4.78 is 0.